The van der Waals surface area contributed by atoms with Gasteiger partial charge in [-0.3, -0.25) is 9.13 Å². The second-order valence-electron chi connectivity index (χ2n) is 3.82. The van der Waals surface area contributed by atoms with Crippen LogP contribution in [0.3, 0.4) is 0 Å². The van der Waals surface area contributed by atoms with Gasteiger partial charge in [0.1, 0.15) is 0 Å². The van der Waals surface area contributed by atoms with Gasteiger partial charge in [0.25, 0.3) is 0 Å². The molecule has 0 aliphatic carbocycles. The lowest BCUT2D eigenvalue weighted by molar-refractivity contribution is 0.197. The molecule has 6 N–H and O–H groups in total. The van der Waals surface area contributed by atoms with Crippen molar-refractivity contribution in [2.45, 2.75) is 9.57 Å². The summed E-state index contributed by atoms with van der Waals surface area (Å²) in [5, 5.41) is 9.52. The van der Waals surface area contributed by atoms with Crippen molar-refractivity contribution in [2.75, 3.05) is 0 Å². The maximum absolute atomic E-state index is 11.2. The Kier molecular flexibility index (Phi) is 3.87. The molecule has 0 saturated heterocycles. The van der Waals surface area contributed by atoms with E-state index in [0.717, 1.165) is 0 Å². The van der Waals surface area contributed by atoms with Crippen LogP contribution in [0.5, 0.6) is 0 Å². The number of nitrogens with one attached hydrogen (secondary N) is 1. The number of thioether (sulfide) groups is 1. The molecule has 110 valence electrons. The monoisotopic (exact) mass is 340 g/mol. The third kappa shape index (κ3) is 2.69. The first-order valence-electron chi connectivity index (χ1n) is 5.02. The van der Waals surface area contributed by atoms with E-state index in [9.17, 15) is 14.2 Å². The van der Waals surface area contributed by atoms with Gasteiger partial charge in [-0.25, -0.2) is 4.98 Å². The fraction of sp³-hybridized carbons (Fsp3) is 0.125. The average Bonchev–Trinajstić information content (AvgIpc) is 2.67. The van der Waals surface area contributed by atoms with Crippen molar-refractivity contribution in [3.8, 4) is 0 Å². The lowest BCUT2D eigenvalue weighted by atomic mass is 10.3. The number of hydrogen-bond acceptors (Lipinski definition) is 5. The molecular weight excluding hydrogens is 330 g/mol. The molecule has 0 bridgehead atoms. The Balaban J connectivity index is 2.48. The van der Waals surface area contributed by atoms with Crippen molar-refractivity contribution in [3.63, 3.8) is 0 Å². The number of nitrogens with zero attached hydrogens (tertiary/aromatic N) is 1. The first-order valence-corrected chi connectivity index (χ1v) is 9.06. The summed E-state index contributed by atoms with van der Waals surface area (Å²) in [5.41, 5.74) is 0.919. The van der Waals surface area contributed by atoms with E-state index < -0.39 is 19.6 Å². The third-order valence-corrected chi connectivity index (χ3v) is 8.08. The molecule has 0 radical (unpaired) electrons. The van der Waals surface area contributed by atoms with Gasteiger partial charge in [-0.1, -0.05) is 12.1 Å². The molecule has 1 aromatic heterocycles. The molecule has 1 aromatic carbocycles. The number of para-hydroxylation sites is 2. The van der Waals surface area contributed by atoms with E-state index in [1.165, 1.54) is 0 Å². The van der Waals surface area contributed by atoms with Crippen LogP contribution in [-0.4, -0.2) is 39.1 Å². The lowest BCUT2D eigenvalue weighted by Crippen LogP contribution is -2.24. The zero-order valence-electron chi connectivity index (χ0n) is 9.61. The van der Waals surface area contributed by atoms with Crippen LogP contribution in [0.2, 0.25) is 0 Å². The van der Waals surface area contributed by atoms with Gasteiger partial charge in [-0.15, -0.1) is 0 Å². The normalized spacial score (nSPS) is 13.8. The van der Waals surface area contributed by atoms with E-state index in [2.05, 4.69) is 9.97 Å². The first kappa shape index (κ1) is 15.7. The quantitative estimate of drug-likeness (QED) is 0.266. The van der Waals surface area contributed by atoms with Gasteiger partial charge in [0.15, 0.2) is 5.16 Å². The van der Waals surface area contributed by atoms with E-state index in [-0.39, 0.29) is 16.9 Å². The van der Waals surface area contributed by atoms with E-state index in [1.54, 1.807) is 24.3 Å². The highest BCUT2D eigenvalue weighted by Gasteiger charge is 2.61. The van der Waals surface area contributed by atoms with Crippen LogP contribution in [0, 0.1) is 0 Å². The Labute approximate surface area is 116 Å². The lowest BCUT2D eigenvalue weighted by Gasteiger charge is -2.27. The number of fused-ring (bicyclic) bond motifs is 1. The molecule has 0 atom stereocenters. The van der Waals surface area contributed by atoms with Crippen molar-refractivity contribution >= 4 is 38.0 Å². The van der Waals surface area contributed by atoms with Gasteiger partial charge in [-0.2, -0.15) is 0 Å². The molecule has 1 heterocycles. The molecule has 0 fully saturated rings. The Morgan fingerprint density at radius 3 is 2.15 bits per heavy atom. The van der Waals surface area contributed by atoms with Gasteiger partial charge in [-0.05, 0) is 23.9 Å². The van der Waals surface area contributed by atoms with E-state index >= 15 is 0 Å². The second kappa shape index (κ2) is 4.94. The van der Waals surface area contributed by atoms with Crippen LogP contribution in [0.4, 0.5) is 0 Å². The first-order chi connectivity index (χ1) is 9.04. The van der Waals surface area contributed by atoms with Gasteiger partial charge >= 0.3 is 19.6 Å². The van der Waals surface area contributed by atoms with Crippen LogP contribution in [-0.2, 0) is 9.13 Å². The molecule has 0 unspecified atom stereocenters. The molecule has 2 aromatic rings. The molecule has 9 nitrogen and oxygen atoms in total. The smallest absolute Gasteiger partial charge is 0.359 e. The molecule has 0 amide bonds. The zero-order valence-corrected chi connectivity index (χ0v) is 12.2. The highest BCUT2D eigenvalue weighted by molar-refractivity contribution is 8.13. The fourth-order valence-corrected chi connectivity index (χ4v) is 4.79. The summed E-state index contributed by atoms with van der Waals surface area (Å²) >= 11 is -0.107. The number of rotatable bonds is 4. The van der Waals surface area contributed by atoms with Crippen LogP contribution in [0.15, 0.2) is 29.4 Å². The highest BCUT2D eigenvalue weighted by Crippen LogP contribution is 2.73. The van der Waals surface area contributed by atoms with Crippen molar-refractivity contribution in [2.24, 2.45) is 0 Å². The van der Waals surface area contributed by atoms with E-state index in [0.29, 0.717) is 11.0 Å². The van der Waals surface area contributed by atoms with Crippen molar-refractivity contribution in [3.05, 3.63) is 24.3 Å². The van der Waals surface area contributed by atoms with Gasteiger partial charge in [0.05, 0.1) is 11.0 Å². The van der Waals surface area contributed by atoms with Crippen molar-refractivity contribution < 1.29 is 33.8 Å². The summed E-state index contributed by atoms with van der Waals surface area (Å²) in [6.07, 6.45) is 0. The van der Waals surface area contributed by atoms with Crippen LogP contribution >= 0.6 is 27.0 Å². The number of aromatic nitrogens is 2. The minimum atomic E-state index is -5.52. The number of aliphatic hydroxyl groups is 1. The molecule has 0 aliphatic rings. The maximum atomic E-state index is 11.2. The average molecular weight is 340 g/mol. The number of aromatic amines is 1. The van der Waals surface area contributed by atoms with Gasteiger partial charge in [0.2, 0.25) is 0 Å². The van der Waals surface area contributed by atoms with Crippen molar-refractivity contribution in [1.29, 1.82) is 0 Å². The molecule has 2 rings (SSSR count). The zero-order chi connectivity index (χ0) is 15.2. The van der Waals surface area contributed by atoms with Gasteiger partial charge in [0, 0.05) is 0 Å². The summed E-state index contributed by atoms with van der Waals surface area (Å²) in [6.45, 7) is 0. The third-order valence-electron chi connectivity index (χ3n) is 2.36. The standard InChI is InChI=1S/C8H10N2O7P2S/c11-8(18(12,13)14,19(15,16)17)20-7-9-5-3-1-2-4-6(5)10-7/h1-4,11H,(H,9,10)(H2,12,13,14)(H2,15,16,17). The van der Waals surface area contributed by atoms with Crippen LogP contribution < -0.4 is 0 Å². The van der Waals surface area contributed by atoms with E-state index in [1.807, 2.05) is 0 Å². The summed E-state index contributed by atoms with van der Waals surface area (Å²) in [5.74, 6) is 0. The predicted octanol–water partition coefficient (Wildman–Crippen LogP) is 0.614. The molecule has 12 heteroatoms. The molecule has 0 aliphatic heterocycles. The molecular formula is C8H10N2O7P2S. The molecule has 20 heavy (non-hydrogen) atoms. The predicted molar refractivity (Wildman–Crippen MR) is 71.0 cm³/mol. The molecule has 0 spiro atoms. The number of H-pyrrole nitrogens is 1. The Morgan fingerprint density at radius 2 is 1.65 bits per heavy atom. The summed E-state index contributed by atoms with van der Waals surface area (Å²) in [4.78, 5) is 42.5. The topological polar surface area (TPSA) is 164 Å². The van der Waals surface area contributed by atoms with Crippen LogP contribution in [0.25, 0.3) is 11.0 Å². The Hall–Kier alpha value is -0.700. The minimum absolute atomic E-state index is 0.107. The van der Waals surface area contributed by atoms with Crippen molar-refractivity contribution in [1.82, 2.24) is 9.97 Å². The number of imidazole rings is 1. The van der Waals surface area contributed by atoms with Gasteiger partial charge < -0.3 is 29.7 Å². The SMILES string of the molecule is O=P(O)(O)C(O)(Sc1nc2ccccc2[nH]1)P(=O)(O)O. The summed E-state index contributed by atoms with van der Waals surface area (Å²) < 4.78 is 18.8. The van der Waals surface area contributed by atoms with Crippen LogP contribution in [0.1, 0.15) is 0 Å². The number of benzene rings is 1. The largest absolute Gasteiger partial charge is 0.380 e. The van der Waals surface area contributed by atoms with E-state index in [4.69, 9.17) is 19.6 Å². The number of hydrogen-bond donors (Lipinski definition) is 6. The maximum Gasteiger partial charge on any atom is 0.380 e. The molecule has 0 saturated carbocycles. The highest BCUT2D eigenvalue weighted by atomic mass is 32.2. The minimum Gasteiger partial charge on any atom is -0.359 e. The summed E-state index contributed by atoms with van der Waals surface area (Å²) in [6, 6.07) is 6.53. The Morgan fingerprint density at radius 1 is 1.10 bits per heavy atom. The fourth-order valence-electron chi connectivity index (χ4n) is 1.40. The Bertz CT molecular complexity index is 680. The second-order valence-corrected chi connectivity index (χ2v) is 9.43. The summed E-state index contributed by atoms with van der Waals surface area (Å²) in [7, 11) is -11.0.